The molecule has 0 spiro atoms. The van der Waals surface area contributed by atoms with Gasteiger partial charge in [0.1, 0.15) is 5.69 Å². The average molecular weight is 478 g/mol. The molecule has 35 heavy (non-hydrogen) atoms. The van der Waals surface area contributed by atoms with Gasteiger partial charge in [-0.15, -0.1) is 0 Å². The molecule has 5 rings (SSSR count). The number of rotatable bonds is 3. The lowest BCUT2D eigenvalue weighted by Gasteiger charge is -2.33. The number of aromatic nitrogens is 2. The average Bonchev–Trinajstić information content (AvgIpc) is 3.55. The second-order valence-corrected chi connectivity index (χ2v) is 10.0. The van der Waals surface area contributed by atoms with Crippen LogP contribution in [-0.4, -0.2) is 63.0 Å². The summed E-state index contributed by atoms with van der Waals surface area (Å²) in [5.74, 6) is -0.701. The summed E-state index contributed by atoms with van der Waals surface area (Å²) in [5.41, 5.74) is 2.91. The fraction of sp³-hybridized carbons (Fsp3) is 0.556. The van der Waals surface area contributed by atoms with Crippen LogP contribution in [0, 0.1) is 11.8 Å². The van der Waals surface area contributed by atoms with Gasteiger partial charge in [-0.3, -0.25) is 19.1 Å². The minimum absolute atomic E-state index is 0.0342. The number of carbonyl (C=O) groups excluding carboxylic acids is 3. The SMILES string of the molecule is CCn1ccc(C(=O)N2CCCCCNC(=O)[C@H]3C[C@H](C(=O)N4CCc5ccccc5C4)C[C@H]32)n1. The highest BCUT2D eigenvalue weighted by Gasteiger charge is 2.47. The molecule has 1 N–H and O–H groups in total. The molecule has 8 nitrogen and oxygen atoms in total. The van der Waals surface area contributed by atoms with E-state index in [4.69, 9.17) is 0 Å². The van der Waals surface area contributed by atoms with Crippen LogP contribution in [0.5, 0.6) is 0 Å². The van der Waals surface area contributed by atoms with Gasteiger partial charge in [0.05, 0.1) is 5.92 Å². The van der Waals surface area contributed by atoms with Gasteiger partial charge in [-0.05, 0) is 62.6 Å². The Balaban J connectivity index is 1.38. The van der Waals surface area contributed by atoms with E-state index in [0.29, 0.717) is 51.3 Å². The van der Waals surface area contributed by atoms with Crippen LogP contribution in [0.3, 0.4) is 0 Å². The van der Waals surface area contributed by atoms with Gasteiger partial charge >= 0.3 is 0 Å². The molecule has 2 aromatic rings. The molecule has 1 saturated carbocycles. The Labute approximate surface area is 206 Å². The van der Waals surface area contributed by atoms with Crippen molar-refractivity contribution in [1.82, 2.24) is 24.9 Å². The summed E-state index contributed by atoms with van der Waals surface area (Å²) in [7, 11) is 0. The molecule has 186 valence electrons. The first-order chi connectivity index (χ1) is 17.0. The van der Waals surface area contributed by atoms with Crippen molar-refractivity contribution in [1.29, 1.82) is 0 Å². The number of aryl methyl sites for hydroxylation is 1. The summed E-state index contributed by atoms with van der Waals surface area (Å²) < 4.78 is 1.74. The molecular formula is C27H35N5O3. The van der Waals surface area contributed by atoms with E-state index in [1.807, 2.05) is 35.1 Å². The molecule has 0 radical (unpaired) electrons. The number of carbonyl (C=O) groups is 3. The second-order valence-electron chi connectivity index (χ2n) is 10.0. The highest BCUT2D eigenvalue weighted by molar-refractivity contribution is 5.93. The van der Waals surface area contributed by atoms with Crippen molar-refractivity contribution in [2.45, 2.75) is 64.6 Å². The van der Waals surface area contributed by atoms with E-state index in [1.165, 1.54) is 11.1 Å². The fourth-order valence-corrected chi connectivity index (χ4v) is 5.93. The van der Waals surface area contributed by atoms with Crippen LogP contribution >= 0.6 is 0 Å². The quantitative estimate of drug-likeness (QED) is 0.736. The van der Waals surface area contributed by atoms with Crippen LogP contribution in [0.4, 0.5) is 0 Å². The Morgan fingerprint density at radius 2 is 1.89 bits per heavy atom. The van der Waals surface area contributed by atoms with E-state index in [9.17, 15) is 14.4 Å². The second kappa shape index (κ2) is 10.2. The summed E-state index contributed by atoms with van der Waals surface area (Å²) in [4.78, 5) is 44.2. The van der Waals surface area contributed by atoms with E-state index >= 15 is 0 Å². The lowest BCUT2D eigenvalue weighted by atomic mass is 9.97. The van der Waals surface area contributed by atoms with E-state index in [0.717, 1.165) is 25.7 Å². The zero-order chi connectivity index (χ0) is 24.4. The van der Waals surface area contributed by atoms with Crippen molar-refractivity contribution >= 4 is 17.7 Å². The maximum Gasteiger partial charge on any atom is 0.274 e. The summed E-state index contributed by atoms with van der Waals surface area (Å²) in [5, 5.41) is 7.50. The molecular weight excluding hydrogens is 442 g/mol. The number of amides is 3. The van der Waals surface area contributed by atoms with Crippen LogP contribution in [0.15, 0.2) is 36.5 Å². The number of hydrogen-bond acceptors (Lipinski definition) is 4. The normalized spacial score (nSPS) is 24.9. The Kier molecular flexibility index (Phi) is 6.88. The van der Waals surface area contributed by atoms with Crippen molar-refractivity contribution in [3.8, 4) is 0 Å². The summed E-state index contributed by atoms with van der Waals surface area (Å²) >= 11 is 0. The highest BCUT2D eigenvalue weighted by atomic mass is 16.2. The standard InChI is InChI=1S/C27H35N5O3/c1-2-31-15-11-23(29-31)27(35)32-13-7-3-6-12-28-25(33)22-16-21(17-24(22)32)26(34)30-14-10-19-8-4-5-9-20(19)18-30/h4-5,8-9,11,15,21-22,24H,2-3,6-7,10,12-14,16-18H2,1H3,(H,28,33)/t21-,22-,24+/m0/s1. The monoisotopic (exact) mass is 477 g/mol. The lowest BCUT2D eigenvalue weighted by Crippen LogP contribution is -2.48. The number of hydrogen-bond donors (Lipinski definition) is 1. The maximum atomic E-state index is 13.6. The molecule has 3 amide bonds. The van der Waals surface area contributed by atoms with E-state index in [-0.39, 0.29) is 35.6 Å². The molecule has 1 aliphatic carbocycles. The maximum absolute atomic E-state index is 13.6. The molecule has 1 saturated heterocycles. The van der Waals surface area contributed by atoms with Gasteiger partial charge in [0.25, 0.3) is 5.91 Å². The van der Waals surface area contributed by atoms with Crippen LogP contribution in [0.1, 0.15) is 60.6 Å². The van der Waals surface area contributed by atoms with Crippen molar-refractivity contribution in [3.05, 3.63) is 53.3 Å². The van der Waals surface area contributed by atoms with Crippen LogP contribution in [0.25, 0.3) is 0 Å². The number of fused-ring (bicyclic) bond motifs is 2. The number of nitrogens with zero attached hydrogens (tertiary/aromatic N) is 4. The first-order valence-electron chi connectivity index (χ1n) is 13.0. The van der Waals surface area contributed by atoms with Gasteiger partial charge in [-0.2, -0.15) is 5.10 Å². The van der Waals surface area contributed by atoms with Crippen LogP contribution in [-0.2, 0) is 29.1 Å². The van der Waals surface area contributed by atoms with Crippen molar-refractivity contribution in [2.75, 3.05) is 19.6 Å². The van der Waals surface area contributed by atoms with E-state index in [2.05, 4.69) is 22.5 Å². The molecule has 3 aliphatic rings. The minimum atomic E-state index is -0.378. The van der Waals surface area contributed by atoms with E-state index < -0.39 is 0 Å². The Morgan fingerprint density at radius 1 is 1.06 bits per heavy atom. The first kappa shape index (κ1) is 23.6. The predicted molar refractivity (Wildman–Crippen MR) is 131 cm³/mol. The van der Waals surface area contributed by atoms with Crippen molar-refractivity contribution in [2.24, 2.45) is 11.8 Å². The zero-order valence-electron chi connectivity index (χ0n) is 20.5. The molecule has 3 atom stereocenters. The Bertz CT molecular complexity index is 1100. The third kappa shape index (κ3) is 4.83. The summed E-state index contributed by atoms with van der Waals surface area (Å²) in [6.45, 7) is 5.23. The third-order valence-corrected chi connectivity index (χ3v) is 7.88. The third-order valence-electron chi connectivity index (χ3n) is 7.88. The van der Waals surface area contributed by atoms with Crippen molar-refractivity contribution < 1.29 is 14.4 Å². The minimum Gasteiger partial charge on any atom is -0.356 e. The van der Waals surface area contributed by atoms with Crippen molar-refractivity contribution in [3.63, 3.8) is 0 Å². The fourth-order valence-electron chi connectivity index (χ4n) is 5.93. The Hall–Kier alpha value is -3.16. The van der Waals surface area contributed by atoms with Gasteiger partial charge in [0.2, 0.25) is 11.8 Å². The van der Waals surface area contributed by atoms with Gasteiger partial charge in [-0.25, -0.2) is 0 Å². The number of benzene rings is 1. The van der Waals surface area contributed by atoms with Crippen LogP contribution in [0.2, 0.25) is 0 Å². The van der Waals surface area contributed by atoms with Gasteiger partial charge in [0, 0.05) is 50.9 Å². The molecule has 3 heterocycles. The molecule has 1 aromatic heterocycles. The summed E-state index contributed by atoms with van der Waals surface area (Å²) in [6.07, 6.45) is 6.39. The van der Waals surface area contributed by atoms with Gasteiger partial charge in [-0.1, -0.05) is 24.3 Å². The lowest BCUT2D eigenvalue weighted by molar-refractivity contribution is -0.136. The first-order valence-corrected chi connectivity index (χ1v) is 13.0. The topological polar surface area (TPSA) is 87.5 Å². The van der Waals surface area contributed by atoms with E-state index in [1.54, 1.807) is 10.7 Å². The zero-order valence-corrected chi connectivity index (χ0v) is 20.5. The smallest absolute Gasteiger partial charge is 0.274 e. The molecule has 0 bridgehead atoms. The molecule has 1 aromatic carbocycles. The highest BCUT2D eigenvalue weighted by Crippen LogP contribution is 2.38. The molecule has 2 fully saturated rings. The van der Waals surface area contributed by atoms with Gasteiger partial charge in [0.15, 0.2) is 0 Å². The molecule has 8 heteroatoms. The predicted octanol–water partition coefficient (Wildman–Crippen LogP) is 2.62. The Morgan fingerprint density at radius 3 is 2.69 bits per heavy atom. The summed E-state index contributed by atoms with van der Waals surface area (Å²) in [6, 6.07) is 9.75. The molecule has 0 unspecified atom stereocenters. The van der Waals surface area contributed by atoms with Gasteiger partial charge < -0.3 is 15.1 Å². The largest absolute Gasteiger partial charge is 0.356 e. The van der Waals surface area contributed by atoms with Crippen LogP contribution < -0.4 is 5.32 Å². The number of nitrogens with one attached hydrogen (secondary N) is 1. The molecule has 2 aliphatic heterocycles.